The van der Waals surface area contributed by atoms with Gasteiger partial charge in [0.15, 0.2) is 11.5 Å². The van der Waals surface area contributed by atoms with Gasteiger partial charge in [0.25, 0.3) is 0 Å². The van der Waals surface area contributed by atoms with Crippen LogP contribution in [0.5, 0.6) is 17.2 Å². The van der Waals surface area contributed by atoms with Crippen molar-refractivity contribution in [2.45, 2.75) is 62.5 Å². The van der Waals surface area contributed by atoms with Crippen LogP contribution in [-0.4, -0.2) is 97.2 Å². The van der Waals surface area contributed by atoms with E-state index in [4.69, 9.17) is 24.7 Å². The van der Waals surface area contributed by atoms with E-state index in [0.29, 0.717) is 40.2 Å². The Hall–Kier alpha value is -8.36. The highest BCUT2D eigenvalue weighted by molar-refractivity contribution is 6.25. The predicted molar refractivity (Wildman–Crippen MR) is 262 cm³/mol. The number of amides is 6. The van der Waals surface area contributed by atoms with E-state index < -0.39 is 83.3 Å². The number of primary amides is 1. The second-order valence-electron chi connectivity index (χ2n) is 18.4. The molecule has 370 valence electrons. The van der Waals surface area contributed by atoms with E-state index >= 15 is 19.2 Å². The van der Waals surface area contributed by atoms with Gasteiger partial charge in [-0.1, -0.05) is 98.5 Å². The average Bonchev–Trinajstić information content (AvgIpc) is 3.84. The number of ether oxygens (including phenoxy) is 4. The van der Waals surface area contributed by atoms with Crippen molar-refractivity contribution in [3.05, 3.63) is 154 Å². The molecule has 17 nitrogen and oxygen atoms in total. The Bertz CT molecular complexity index is 3010. The minimum atomic E-state index is -2.16. The van der Waals surface area contributed by atoms with E-state index in [-0.39, 0.29) is 36.6 Å². The highest BCUT2D eigenvalue weighted by Crippen LogP contribution is 2.66. The third kappa shape index (κ3) is 8.36. The number of nitrogens with two attached hydrogens (primary N) is 1. The van der Waals surface area contributed by atoms with Crippen LogP contribution in [0.25, 0.3) is 0 Å². The Kier molecular flexibility index (Phi) is 13.4. The van der Waals surface area contributed by atoms with Crippen LogP contribution in [0.2, 0.25) is 0 Å². The summed E-state index contributed by atoms with van der Waals surface area (Å²) in [5.41, 5.74) is 7.20. The predicted octanol–water partition coefficient (Wildman–Crippen LogP) is 5.59. The molecule has 6 amide bonds. The average molecular weight is 975 g/mol. The molecule has 4 aliphatic heterocycles. The molecule has 0 bridgehead atoms. The number of cyclic esters (lactones) is 1. The van der Waals surface area contributed by atoms with E-state index in [1.54, 1.807) is 62.3 Å². The molecule has 0 aromatic heterocycles. The van der Waals surface area contributed by atoms with E-state index in [1.807, 2.05) is 71.6 Å². The van der Waals surface area contributed by atoms with Crippen LogP contribution in [0.3, 0.4) is 0 Å². The molecule has 2 saturated heterocycles. The Morgan fingerprint density at radius 1 is 0.833 bits per heavy atom. The van der Waals surface area contributed by atoms with E-state index in [9.17, 15) is 14.7 Å². The van der Waals surface area contributed by atoms with Crippen LogP contribution in [0, 0.1) is 23.7 Å². The number of hydrogen-bond donors (Lipinski definition) is 4. The van der Waals surface area contributed by atoms with Crippen molar-refractivity contribution in [1.82, 2.24) is 20.4 Å². The number of imide groups is 1. The highest BCUT2D eigenvalue weighted by atomic mass is 16.6. The first-order valence-electron chi connectivity index (χ1n) is 23.5. The number of nitrogens with zero attached hydrogens (tertiary/aromatic N) is 3. The zero-order valence-corrected chi connectivity index (χ0v) is 40.3. The molecular formula is C55H54N6O11. The van der Waals surface area contributed by atoms with Crippen molar-refractivity contribution in [2.24, 2.45) is 17.6 Å². The van der Waals surface area contributed by atoms with Gasteiger partial charge in [-0.25, -0.2) is 19.3 Å². The third-order valence-corrected chi connectivity index (χ3v) is 14.2. The molecule has 5 aromatic carbocycles. The number of morpholine rings is 1. The van der Waals surface area contributed by atoms with Crippen molar-refractivity contribution >= 4 is 41.5 Å². The van der Waals surface area contributed by atoms with Gasteiger partial charge in [-0.15, -0.1) is 0 Å². The number of methoxy groups -OCH3 is 3. The molecule has 9 rings (SSSR count). The lowest BCUT2D eigenvalue weighted by molar-refractivity contribution is -0.179. The van der Waals surface area contributed by atoms with Crippen molar-refractivity contribution in [3.8, 4) is 29.1 Å². The number of carbonyl (C=O) groups is 6. The van der Waals surface area contributed by atoms with Crippen molar-refractivity contribution in [1.29, 1.82) is 0 Å². The minimum absolute atomic E-state index is 0.0559. The van der Waals surface area contributed by atoms with Crippen LogP contribution in [-0.2, 0) is 47.0 Å². The normalized spacial score (nSPS) is 22.4. The highest BCUT2D eigenvalue weighted by Gasteiger charge is 2.76. The summed E-state index contributed by atoms with van der Waals surface area (Å²) in [6.07, 6.45) is -0.601. The number of rotatable bonds is 10. The molecule has 5 aromatic rings. The quantitative estimate of drug-likeness (QED) is 0.0995. The third-order valence-electron chi connectivity index (χ3n) is 14.2. The maximum Gasteiger partial charge on any atom is 0.329 e. The first-order valence-corrected chi connectivity index (χ1v) is 23.5. The van der Waals surface area contributed by atoms with Gasteiger partial charge in [0.1, 0.15) is 29.4 Å². The zero-order chi connectivity index (χ0) is 51.0. The van der Waals surface area contributed by atoms with Gasteiger partial charge in [-0.2, -0.15) is 0 Å². The van der Waals surface area contributed by atoms with Gasteiger partial charge < -0.3 is 45.3 Å². The number of urea groups is 2. The maximum absolute atomic E-state index is 16.7. The molecule has 72 heavy (non-hydrogen) atoms. The molecule has 0 radical (unpaired) electrons. The van der Waals surface area contributed by atoms with Gasteiger partial charge in [0, 0.05) is 18.7 Å². The Labute approximate surface area is 416 Å². The molecule has 7 atom stereocenters. The summed E-state index contributed by atoms with van der Waals surface area (Å²) in [7, 11) is 4.25. The smallest absolute Gasteiger partial charge is 0.329 e. The monoisotopic (exact) mass is 974 g/mol. The number of fused-ring (bicyclic) bond motifs is 4. The largest absolute Gasteiger partial charge is 0.508 e. The number of aromatic hydroxyl groups is 1. The summed E-state index contributed by atoms with van der Waals surface area (Å²) in [6, 6.07) is 26.6. The second kappa shape index (κ2) is 19.8. The molecule has 4 aliphatic rings. The number of hydrogen-bond acceptors (Lipinski definition) is 12. The fraction of sp³-hybridized carbons (Fsp3) is 0.309. The number of benzene rings is 5. The minimum Gasteiger partial charge on any atom is -0.508 e. The second-order valence-corrected chi connectivity index (χ2v) is 18.4. The number of phenols is 1. The van der Waals surface area contributed by atoms with E-state index in [0.717, 1.165) is 16.0 Å². The Morgan fingerprint density at radius 2 is 1.49 bits per heavy atom. The fourth-order valence-electron chi connectivity index (χ4n) is 11.0. The number of anilines is 1. The lowest BCUT2D eigenvalue weighted by atomic mass is 9.64. The summed E-state index contributed by atoms with van der Waals surface area (Å²) < 4.78 is 23.0. The summed E-state index contributed by atoms with van der Waals surface area (Å²) in [4.78, 5) is 93.2. The Morgan fingerprint density at radius 3 is 2.11 bits per heavy atom. The summed E-state index contributed by atoms with van der Waals surface area (Å²) in [5.74, 6) is 1.72. The van der Waals surface area contributed by atoms with E-state index in [2.05, 4.69) is 22.5 Å². The molecule has 0 saturated carbocycles. The molecular weight excluding hydrogens is 921 g/mol. The summed E-state index contributed by atoms with van der Waals surface area (Å²) in [5, 5.41) is 16.0. The van der Waals surface area contributed by atoms with Crippen molar-refractivity contribution in [3.63, 3.8) is 0 Å². The van der Waals surface area contributed by atoms with Gasteiger partial charge in [0.2, 0.25) is 11.8 Å². The number of nitrogens with one attached hydrogen (secondary N) is 2. The van der Waals surface area contributed by atoms with E-state index in [1.165, 1.54) is 26.4 Å². The molecule has 5 N–H and O–H groups in total. The lowest BCUT2D eigenvalue weighted by Gasteiger charge is -2.46. The van der Waals surface area contributed by atoms with Gasteiger partial charge in [-0.05, 0) is 88.2 Å². The first-order chi connectivity index (χ1) is 34.7. The lowest BCUT2D eigenvalue weighted by Crippen LogP contribution is -2.58. The molecule has 0 unspecified atom stereocenters. The standard InChI is InChI=1S/C55H54N6O11/c1-31(2)44(50(64)71-5)58-54(68)60-40-23-18-32(13-12-25-57-53(56)67)27-39(40)55(52(60)66)43(49(63)59-26-24-36-28-41(69-3)42(70-4)29-37(36)30-59)46-51(65)72-47(34-16-10-7-11-17-34)45(33-14-8-6-9-15-33)61(46)48(55)35-19-21-38(62)22-20-35/h6-11,14-23,27-29,31,43-48,62H,24-26,30H2,1-5H3,(H,58,68)(H3,56,57,67)/t43-,44-,45-,46-,47+,48+,55-/m0/s1. The molecule has 1 spiro atoms. The number of carbonyl (C=O) groups excluding carboxylic acids is 6. The fourth-order valence-corrected chi connectivity index (χ4v) is 11.0. The topological polar surface area (TPSA) is 219 Å². The van der Waals surface area contributed by atoms with Crippen LogP contribution in [0.1, 0.15) is 71.0 Å². The number of phenolic OH excluding ortho intramolecular Hbond substituents is 1. The molecule has 4 heterocycles. The maximum atomic E-state index is 16.7. The number of esters is 2. The summed E-state index contributed by atoms with van der Waals surface area (Å²) in [6.45, 7) is 3.54. The van der Waals surface area contributed by atoms with Crippen LogP contribution >= 0.6 is 0 Å². The van der Waals surface area contributed by atoms with Gasteiger partial charge in [0.05, 0.1) is 51.6 Å². The first kappa shape index (κ1) is 48.7. The molecule has 0 aliphatic carbocycles. The van der Waals surface area contributed by atoms with Crippen molar-refractivity contribution < 1.29 is 52.8 Å². The Balaban J connectivity index is 1.35. The van der Waals surface area contributed by atoms with Crippen LogP contribution in [0.15, 0.2) is 115 Å². The SMILES string of the molecule is COC(=O)[C@@H](NC(=O)N1C(=O)[C@@]2(c3cc(C#CCNC(N)=O)ccc31)[C@H](C(=O)N1CCc3cc(OC)c(OC)cc3C1)[C@H]1C(=O)O[C@H](c3ccccc3)[C@H](c3ccccc3)N1[C@@H]2c1ccc(O)cc1)C(C)C. The molecule has 2 fully saturated rings. The summed E-state index contributed by atoms with van der Waals surface area (Å²) >= 11 is 0. The zero-order valence-electron chi connectivity index (χ0n) is 40.3. The van der Waals surface area contributed by atoms with Crippen molar-refractivity contribution in [2.75, 3.05) is 39.3 Å². The van der Waals surface area contributed by atoms with Crippen LogP contribution in [0.4, 0.5) is 15.3 Å². The van der Waals surface area contributed by atoms with Crippen LogP contribution < -0.4 is 30.7 Å². The van der Waals surface area contributed by atoms with Gasteiger partial charge in [-0.3, -0.25) is 19.3 Å². The van der Waals surface area contributed by atoms with Gasteiger partial charge >= 0.3 is 24.0 Å². The molecule has 17 heteroatoms.